The number of aliphatic imine (C=N–C) groups is 1. The summed E-state index contributed by atoms with van der Waals surface area (Å²) < 4.78 is 10.8. The van der Waals surface area contributed by atoms with Crippen LogP contribution in [0.4, 0.5) is 11.4 Å². The second-order valence-corrected chi connectivity index (χ2v) is 9.31. The van der Waals surface area contributed by atoms with E-state index in [2.05, 4.69) is 5.32 Å². The van der Waals surface area contributed by atoms with E-state index in [0.29, 0.717) is 39.6 Å². The number of hydrogen-bond acceptors (Lipinski definition) is 6. The number of fused-ring (bicyclic) bond motifs is 1. The zero-order valence-electron chi connectivity index (χ0n) is 17.9. The molecule has 1 fully saturated rings. The number of thioether (sulfide) groups is 1. The Morgan fingerprint density at radius 2 is 1.88 bits per heavy atom. The van der Waals surface area contributed by atoms with Crippen molar-refractivity contribution in [1.82, 2.24) is 4.90 Å². The Labute approximate surface area is 205 Å². The third-order valence-electron chi connectivity index (χ3n) is 5.28. The number of nitrogens with one attached hydrogen (secondary N) is 1. The van der Waals surface area contributed by atoms with Crippen molar-refractivity contribution >= 4 is 51.7 Å². The van der Waals surface area contributed by atoms with E-state index in [4.69, 9.17) is 26.1 Å². The number of carbonyl (C=O) groups is 2. The fraction of sp³-hybridized carbons (Fsp3) is 0.160. The van der Waals surface area contributed by atoms with Gasteiger partial charge in [-0.1, -0.05) is 53.7 Å². The quantitative estimate of drug-likeness (QED) is 0.526. The van der Waals surface area contributed by atoms with E-state index in [-0.39, 0.29) is 25.0 Å². The number of amidine groups is 1. The summed E-state index contributed by atoms with van der Waals surface area (Å²) in [6.07, 6.45) is 0.0510. The smallest absolute Gasteiger partial charge is 0.238 e. The molecule has 2 heterocycles. The Morgan fingerprint density at radius 3 is 2.71 bits per heavy atom. The summed E-state index contributed by atoms with van der Waals surface area (Å²) in [5.74, 6) is 0.871. The highest BCUT2D eigenvalue weighted by Gasteiger charge is 2.36. The summed E-state index contributed by atoms with van der Waals surface area (Å²) in [4.78, 5) is 32.5. The lowest BCUT2D eigenvalue weighted by Crippen LogP contribution is -2.44. The van der Waals surface area contributed by atoms with Crippen molar-refractivity contribution in [3.8, 4) is 11.5 Å². The van der Waals surface area contributed by atoms with Gasteiger partial charge in [-0.25, -0.2) is 4.99 Å². The van der Waals surface area contributed by atoms with E-state index in [1.165, 1.54) is 11.8 Å². The standard InChI is InChI=1S/C25H20ClN3O4S/c26-17-5-4-8-19(12-17)27-24(31)22-13-23(30)29(25(34-22)28-18-6-2-1-3-7-18)14-16-9-10-20-21(11-16)33-15-32-20/h1-12,22H,13-15H2,(H,27,31)/t22-/m0/s1. The zero-order chi connectivity index (χ0) is 23.5. The second kappa shape index (κ2) is 9.79. The van der Waals surface area contributed by atoms with Gasteiger partial charge in [-0.2, -0.15) is 0 Å². The van der Waals surface area contributed by atoms with Crippen LogP contribution >= 0.6 is 23.4 Å². The number of carbonyl (C=O) groups excluding carboxylic acids is 2. The van der Waals surface area contributed by atoms with Gasteiger partial charge < -0.3 is 14.8 Å². The molecule has 1 N–H and O–H groups in total. The monoisotopic (exact) mass is 493 g/mol. The first-order valence-corrected chi connectivity index (χ1v) is 11.9. The molecule has 0 aliphatic carbocycles. The molecule has 2 amide bonds. The fourth-order valence-electron chi connectivity index (χ4n) is 3.62. The molecule has 3 aromatic carbocycles. The average molecular weight is 494 g/mol. The molecule has 2 aliphatic heterocycles. The van der Waals surface area contributed by atoms with Crippen LogP contribution in [0.5, 0.6) is 11.5 Å². The number of nitrogens with zero attached hydrogens (tertiary/aromatic N) is 2. The normalized spacial score (nSPS) is 18.3. The molecule has 0 saturated carbocycles. The van der Waals surface area contributed by atoms with Gasteiger partial charge in [0.1, 0.15) is 5.25 Å². The SMILES string of the molecule is O=C(Nc1cccc(Cl)c1)[C@@H]1CC(=O)N(Cc2ccc3c(c2)OCO3)C(=Nc2ccccc2)S1. The molecular formula is C25H20ClN3O4S. The molecule has 1 saturated heterocycles. The molecule has 172 valence electrons. The maximum atomic E-state index is 13.2. The van der Waals surface area contributed by atoms with Crippen LogP contribution in [0.3, 0.4) is 0 Å². The highest BCUT2D eigenvalue weighted by molar-refractivity contribution is 8.15. The van der Waals surface area contributed by atoms with Crippen molar-refractivity contribution in [2.45, 2.75) is 18.2 Å². The molecule has 3 aromatic rings. The molecule has 2 aliphatic rings. The summed E-state index contributed by atoms with van der Waals surface area (Å²) in [5.41, 5.74) is 2.15. The van der Waals surface area contributed by atoms with Gasteiger partial charge in [-0.15, -0.1) is 0 Å². The first-order chi connectivity index (χ1) is 16.5. The van der Waals surface area contributed by atoms with Crippen LogP contribution in [0.2, 0.25) is 5.02 Å². The average Bonchev–Trinajstić information content (AvgIpc) is 3.30. The molecule has 1 atom stereocenters. The van der Waals surface area contributed by atoms with Crippen molar-refractivity contribution in [2.75, 3.05) is 12.1 Å². The van der Waals surface area contributed by atoms with Gasteiger partial charge in [0.25, 0.3) is 0 Å². The van der Waals surface area contributed by atoms with Crippen molar-refractivity contribution in [3.05, 3.63) is 83.4 Å². The highest BCUT2D eigenvalue weighted by Crippen LogP contribution is 2.35. The van der Waals surface area contributed by atoms with Gasteiger partial charge >= 0.3 is 0 Å². The first-order valence-electron chi connectivity index (χ1n) is 10.6. The highest BCUT2D eigenvalue weighted by atomic mass is 35.5. The first kappa shape index (κ1) is 22.3. The van der Waals surface area contributed by atoms with Gasteiger partial charge in [-0.05, 0) is 48.0 Å². The number of amides is 2. The van der Waals surface area contributed by atoms with Crippen LogP contribution in [0.15, 0.2) is 77.8 Å². The van der Waals surface area contributed by atoms with Gasteiger partial charge in [0, 0.05) is 17.1 Å². The summed E-state index contributed by atoms with van der Waals surface area (Å²) in [7, 11) is 0. The molecular weight excluding hydrogens is 474 g/mol. The Kier molecular flexibility index (Phi) is 6.42. The van der Waals surface area contributed by atoms with Gasteiger partial charge in [0.05, 0.1) is 12.2 Å². The lowest BCUT2D eigenvalue weighted by atomic mass is 10.1. The lowest BCUT2D eigenvalue weighted by Gasteiger charge is -2.32. The van der Waals surface area contributed by atoms with Crippen LogP contribution in [0, 0.1) is 0 Å². The summed E-state index contributed by atoms with van der Waals surface area (Å²) in [6.45, 7) is 0.484. The summed E-state index contributed by atoms with van der Waals surface area (Å²) in [5, 5.41) is 3.21. The fourth-order valence-corrected chi connectivity index (χ4v) is 4.91. The Morgan fingerprint density at radius 1 is 1.06 bits per heavy atom. The number of hydrogen-bond donors (Lipinski definition) is 1. The topological polar surface area (TPSA) is 80.2 Å². The number of benzene rings is 3. The molecule has 7 nitrogen and oxygen atoms in total. The van der Waals surface area contributed by atoms with E-state index in [1.54, 1.807) is 29.2 Å². The van der Waals surface area contributed by atoms with Crippen molar-refractivity contribution in [1.29, 1.82) is 0 Å². The third-order valence-corrected chi connectivity index (χ3v) is 6.71. The van der Waals surface area contributed by atoms with Crippen LogP contribution in [0.1, 0.15) is 12.0 Å². The van der Waals surface area contributed by atoms with E-state index in [9.17, 15) is 9.59 Å². The molecule has 0 radical (unpaired) electrons. The summed E-state index contributed by atoms with van der Waals surface area (Å²) in [6, 6.07) is 21.8. The Bertz CT molecular complexity index is 1270. The largest absolute Gasteiger partial charge is 0.454 e. The van der Waals surface area contributed by atoms with E-state index < -0.39 is 5.25 Å². The number of rotatable bonds is 5. The van der Waals surface area contributed by atoms with Gasteiger partial charge in [0.2, 0.25) is 18.6 Å². The van der Waals surface area contributed by atoms with Crippen molar-refractivity contribution in [2.24, 2.45) is 4.99 Å². The van der Waals surface area contributed by atoms with Gasteiger partial charge in [0.15, 0.2) is 16.7 Å². The minimum absolute atomic E-state index is 0.0510. The van der Waals surface area contributed by atoms with Crippen LogP contribution in [0.25, 0.3) is 0 Å². The second-order valence-electron chi connectivity index (χ2n) is 7.71. The lowest BCUT2D eigenvalue weighted by molar-refractivity contribution is -0.129. The maximum absolute atomic E-state index is 13.2. The third kappa shape index (κ3) is 5.03. The van der Waals surface area contributed by atoms with E-state index >= 15 is 0 Å². The van der Waals surface area contributed by atoms with Crippen molar-refractivity contribution < 1.29 is 19.1 Å². The number of para-hydroxylation sites is 1. The number of anilines is 1. The number of ether oxygens (including phenoxy) is 2. The predicted molar refractivity (Wildman–Crippen MR) is 133 cm³/mol. The zero-order valence-corrected chi connectivity index (χ0v) is 19.5. The summed E-state index contributed by atoms with van der Waals surface area (Å²) >= 11 is 7.30. The van der Waals surface area contributed by atoms with Gasteiger partial charge in [-0.3, -0.25) is 14.5 Å². The maximum Gasteiger partial charge on any atom is 0.238 e. The molecule has 5 rings (SSSR count). The van der Waals surface area contributed by atoms with E-state index in [0.717, 1.165) is 5.56 Å². The molecule has 34 heavy (non-hydrogen) atoms. The minimum atomic E-state index is -0.623. The molecule has 0 bridgehead atoms. The van der Waals surface area contributed by atoms with Crippen LogP contribution in [-0.2, 0) is 16.1 Å². The molecule has 0 unspecified atom stereocenters. The Hall–Kier alpha value is -3.49. The molecule has 0 aromatic heterocycles. The molecule has 0 spiro atoms. The van der Waals surface area contributed by atoms with Crippen molar-refractivity contribution in [3.63, 3.8) is 0 Å². The van der Waals surface area contributed by atoms with Crippen LogP contribution < -0.4 is 14.8 Å². The number of halogens is 1. The Balaban J connectivity index is 1.40. The molecule has 9 heteroatoms. The van der Waals surface area contributed by atoms with Crippen LogP contribution in [-0.4, -0.2) is 33.9 Å². The van der Waals surface area contributed by atoms with E-state index in [1.807, 2.05) is 48.5 Å². The predicted octanol–water partition coefficient (Wildman–Crippen LogP) is 5.23. The minimum Gasteiger partial charge on any atom is -0.454 e.